The second-order valence-corrected chi connectivity index (χ2v) is 8.01. The number of aliphatic hydroxyl groups is 1. The molecule has 2 aromatic heterocycles. The molecular formula is C11H19BN5O6P. The molecule has 1 aliphatic heterocycles. The molecule has 0 aromatic carbocycles. The van der Waals surface area contributed by atoms with E-state index in [0.29, 0.717) is 0 Å². The molecule has 1 aliphatic rings. The predicted molar refractivity (Wildman–Crippen MR) is 88.0 cm³/mol. The zero-order chi connectivity index (χ0) is 17.5. The van der Waals surface area contributed by atoms with Crippen molar-refractivity contribution in [3.05, 3.63) is 6.33 Å². The maximum absolute atomic E-state index is 10.4. The number of nitrogens with zero attached hydrogens (tertiary/aromatic N) is 4. The zero-order valence-corrected chi connectivity index (χ0v) is 14.2. The number of aliphatic hydroxyl groups excluding tert-OH is 1. The number of hydrogen-bond donors (Lipinski definition) is 4. The summed E-state index contributed by atoms with van der Waals surface area (Å²) in [6.45, 7) is 1.51. The van der Waals surface area contributed by atoms with Gasteiger partial charge < -0.3 is 0 Å². The molecule has 1 fully saturated rings. The molecule has 0 saturated carbocycles. The minimum atomic E-state index is -3.35. The first-order valence-electron chi connectivity index (χ1n) is 7.29. The minimum absolute atomic E-state index is 0.0625. The van der Waals surface area contributed by atoms with Crippen LogP contribution in [0, 0.1) is 0 Å². The van der Waals surface area contributed by atoms with Crippen LogP contribution in [-0.2, 0) is 13.8 Å². The Morgan fingerprint density at radius 2 is 2.08 bits per heavy atom. The van der Waals surface area contributed by atoms with Gasteiger partial charge >= 0.3 is 137 Å². The molecular weight excluding hydrogens is 340 g/mol. The molecule has 0 unspecified atom stereocenters. The number of rotatable bonds is 1. The number of aromatic nitrogens is 4. The fourth-order valence-electron chi connectivity index (χ4n) is 2.39. The monoisotopic (exact) mass is 359 g/mol. The summed E-state index contributed by atoms with van der Waals surface area (Å²) in [6, 6.07) is -0.433. The Labute approximate surface area is 138 Å². The Hall–Kier alpha value is -1.56. The van der Waals surface area contributed by atoms with E-state index in [1.54, 1.807) is 6.92 Å². The van der Waals surface area contributed by atoms with Gasteiger partial charge in [-0.15, -0.1) is 0 Å². The molecule has 0 radical (unpaired) electrons. The van der Waals surface area contributed by atoms with Crippen LogP contribution in [0.2, 0.25) is 0 Å². The third-order valence-electron chi connectivity index (χ3n) is 3.55. The Kier molecular flexibility index (Phi) is 4.60. The van der Waals surface area contributed by atoms with Crippen molar-refractivity contribution in [2.75, 3.05) is 18.9 Å². The molecule has 5 N–H and O–H groups in total. The third-order valence-corrected chi connectivity index (χ3v) is 4.95. The van der Waals surface area contributed by atoms with Crippen molar-refractivity contribution >= 4 is 32.4 Å². The van der Waals surface area contributed by atoms with E-state index >= 15 is 0 Å². The number of fused-ring (bicyclic) bond motifs is 1. The van der Waals surface area contributed by atoms with Crippen LogP contribution in [-0.4, -0.2) is 67.6 Å². The van der Waals surface area contributed by atoms with E-state index < -0.39 is 32.3 Å². The van der Waals surface area contributed by atoms with Gasteiger partial charge in [-0.25, -0.2) is 0 Å². The third kappa shape index (κ3) is 3.29. The second-order valence-electron chi connectivity index (χ2n) is 5.64. The van der Waals surface area contributed by atoms with Crippen LogP contribution < -0.4 is 5.73 Å². The first-order valence-corrected chi connectivity index (χ1v) is 9.56. The summed E-state index contributed by atoms with van der Waals surface area (Å²) in [6.07, 6.45) is -1.56. The SMILES string of the molecule is B[PH]1(O)OC[C@H](C)O[C@@H](n2c(O)nc3c(N)ncnc32)[C@@H](O)CO1. The maximum atomic E-state index is 10.4. The molecule has 3 heterocycles. The van der Waals surface area contributed by atoms with Crippen molar-refractivity contribution in [3.8, 4) is 6.01 Å². The first kappa shape index (κ1) is 17.3. The standard InChI is InChI=1S/C11H19BN5O6P/c1-5-2-21-24(12,20)22-3-6(18)10(23-5)17-9-7(16-11(17)19)8(13)14-4-15-9/h4-6,10,18,20,24H,2-3,12H2,1H3,(H,16,19)(H2,13,14,15)/t5-,6-,10+/m0/s1. The summed E-state index contributed by atoms with van der Waals surface area (Å²) in [7, 11) is -1.90. The Morgan fingerprint density at radius 3 is 2.83 bits per heavy atom. The number of nitrogen functional groups attached to an aromatic ring is 1. The van der Waals surface area contributed by atoms with E-state index in [4.69, 9.17) is 19.5 Å². The summed E-state index contributed by atoms with van der Waals surface area (Å²) in [5.74, 6) is 0.0922. The number of nitrogens with two attached hydrogens (primary N) is 1. The average molecular weight is 359 g/mol. The van der Waals surface area contributed by atoms with Gasteiger partial charge in [0.25, 0.3) is 0 Å². The van der Waals surface area contributed by atoms with Gasteiger partial charge in [0, 0.05) is 0 Å². The zero-order valence-electron chi connectivity index (χ0n) is 13.2. The van der Waals surface area contributed by atoms with E-state index in [1.165, 1.54) is 18.5 Å². The van der Waals surface area contributed by atoms with Crippen molar-refractivity contribution in [2.24, 2.45) is 0 Å². The molecule has 0 spiro atoms. The molecule has 3 atom stereocenters. The molecule has 0 amide bonds. The Bertz CT molecular complexity index is 745. The molecule has 0 bridgehead atoms. The summed E-state index contributed by atoms with van der Waals surface area (Å²) in [4.78, 5) is 21.8. The summed E-state index contributed by atoms with van der Waals surface area (Å²) in [5, 5.41) is 20.6. The van der Waals surface area contributed by atoms with E-state index in [0.717, 1.165) is 0 Å². The topological polar surface area (TPSA) is 158 Å². The Morgan fingerprint density at radius 1 is 1.38 bits per heavy atom. The molecule has 3 rings (SSSR count). The normalized spacial score (nSPS) is 29.5. The predicted octanol–water partition coefficient (Wildman–Crippen LogP) is -1.54. The summed E-state index contributed by atoms with van der Waals surface area (Å²) < 4.78 is 17.6. The molecule has 13 heteroatoms. The van der Waals surface area contributed by atoms with Crippen LogP contribution in [0.3, 0.4) is 0 Å². The summed E-state index contributed by atoms with van der Waals surface area (Å²) >= 11 is 0. The van der Waals surface area contributed by atoms with Crippen molar-refractivity contribution in [1.29, 1.82) is 0 Å². The van der Waals surface area contributed by atoms with Gasteiger partial charge in [-0.3, -0.25) is 0 Å². The number of aromatic hydroxyl groups is 1. The molecule has 132 valence electrons. The van der Waals surface area contributed by atoms with Gasteiger partial charge in [-0.2, -0.15) is 0 Å². The van der Waals surface area contributed by atoms with Crippen LogP contribution in [0.4, 0.5) is 5.82 Å². The second kappa shape index (κ2) is 6.39. The van der Waals surface area contributed by atoms with Gasteiger partial charge in [-0.05, 0) is 0 Å². The number of imidazole rings is 1. The van der Waals surface area contributed by atoms with Gasteiger partial charge in [-0.1, -0.05) is 0 Å². The quantitative estimate of drug-likeness (QED) is 0.347. The molecule has 11 nitrogen and oxygen atoms in total. The van der Waals surface area contributed by atoms with Gasteiger partial charge in [0.1, 0.15) is 0 Å². The van der Waals surface area contributed by atoms with Crippen LogP contribution in [0.15, 0.2) is 6.33 Å². The Balaban J connectivity index is 2.03. The fraction of sp³-hybridized carbons (Fsp3) is 0.545. The van der Waals surface area contributed by atoms with Gasteiger partial charge in [0.05, 0.1) is 0 Å². The van der Waals surface area contributed by atoms with Crippen molar-refractivity contribution < 1.29 is 28.9 Å². The molecule has 0 aliphatic carbocycles. The van der Waals surface area contributed by atoms with E-state index in [2.05, 4.69) is 15.0 Å². The molecule has 2 aromatic rings. The van der Waals surface area contributed by atoms with E-state index in [9.17, 15) is 15.1 Å². The van der Waals surface area contributed by atoms with Crippen molar-refractivity contribution in [2.45, 2.75) is 25.4 Å². The van der Waals surface area contributed by atoms with E-state index in [-0.39, 0.29) is 30.2 Å². The van der Waals surface area contributed by atoms with Crippen molar-refractivity contribution in [3.63, 3.8) is 0 Å². The van der Waals surface area contributed by atoms with Crippen LogP contribution in [0.5, 0.6) is 6.01 Å². The van der Waals surface area contributed by atoms with Crippen molar-refractivity contribution in [1.82, 2.24) is 19.5 Å². The number of hydrogen-bond acceptors (Lipinski definition) is 10. The fourth-order valence-corrected chi connectivity index (χ4v) is 3.49. The van der Waals surface area contributed by atoms with Gasteiger partial charge in [0.15, 0.2) is 0 Å². The molecule has 24 heavy (non-hydrogen) atoms. The van der Waals surface area contributed by atoms with Gasteiger partial charge in [0.2, 0.25) is 0 Å². The number of ether oxygens (including phenoxy) is 1. The first-order chi connectivity index (χ1) is 11.3. The molecule has 1 saturated heterocycles. The van der Waals surface area contributed by atoms with E-state index in [1.807, 2.05) is 0 Å². The van der Waals surface area contributed by atoms with Crippen LogP contribution in [0.1, 0.15) is 13.2 Å². The average Bonchev–Trinajstić information content (AvgIpc) is 2.87. The number of anilines is 1. The van der Waals surface area contributed by atoms with Crippen LogP contribution in [0.25, 0.3) is 11.2 Å². The summed E-state index contributed by atoms with van der Waals surface area (Å²) in [5.41, 5.74) is 6.13. The van der Waals surface area contributed by atoms with Crippen LogP contribution >= 0.6 is 7.82 Å².